The SMILES string of the molecule is CCC(NC(=O)NC1CCCCC1CO)C1CCCO1. The van der Waals surface area contributed by atoms with Crippen LogP contribution in [-0.4, -0.2) is 42.5 Å². The third-order valence-electron chi connectivity index (χ3n) is 4.63. The number of amides is 2. The maximum absolute atomic E-state index is 12.1. The lowest BCUT2D eigenvalue weighted by Gasteiger charge is -2.32. The van der Waals surface area contributed by atoms with Gasteiger partial charge < -0.3 is 20.5 Å². The summed E-state index contributed by atoms with van der Waals surface area (Å²) in [6.45, 7) is 3.04. The van der Waals surface area contributed by atoms with Crippen LogP contribution in [0.3, 0.4) is 0 Å². The third kappa shape index (κ3) is 4.09. The highest BCUT2D eigenvalue weighted by Gasteiger charge is 2.29. The van der Waals surface area contributed by atoms with E-state index >= 15 is 0 Å². The summed E-state index contributed by atoms with van der Waals surface area (Å²) in [5.41, 5.74) is 0. The number of rotatable bonds is 5. The predicted octanol–water partition coefficient (Wildman–Crippen LogP) is 1.79. The van der Waals surface area contributed by atoms with Gasteiger partial charge in [-0.25, -0.2) is 4.79 Å². The summed E-state index contributed by atoms with van der Waals surface area (Å²) in [6, 6.07) is 0.0853. The molecule has 2 rings (SSSR count). The predicted molar refractivity (Wildman–Crippen MR) is 77.6 cm³/mol. The summed E-state index contributed by atoms with van der Waals surface area (Å²) in [7, 11) is 0. The van der Waals surface area contributed by atoms with E-state index < -0.39 is 0 Å². The Balaban J connectivity index is 1.80. The van der Waals surface area contributed by atoms with Gasteiger partial charge in [0.1, 0.15) is 0 Å². The maximum atomic E-state index is 12.1. The van der Waals surface area contributed by atoms with E-state index in [0.717, 1.165) is 51.6 Å². The fraction of sp³-hybridized carbons (Fsp3) is 0.933. The first-order valence-electron chi connectivity index (χ1n) is 8.04. The maximum Gasteiger partial charge on any atom is 0.315 e. The molecule has 116 valence electrons. The third-order valence-corrected chi connectivity index (χ3v) is 4.63. The second-order valence-corrected chi connectivity index (χ2v) is 6.02. The van der Waals surface area contributed by atoms with Gasteiger partial charge in [-0.1, -0.05) is 19.8 Å². The zero-order valence-corrected chi connectivity index (χ0v) is 12.4. The molecule has 3 N–H and O–H groups in total. The van der Waals surface area contributed by atoms with E-state index in [9.17, 15) is 9.90 Å². The quantitative estimate of drug-likeness (QED) is 0.721. The van der Waals surface area contributed by atoms with Crippen LogP contribution in [0, 0.1) is 5.92 Å². The van der Waals surface area contributed by atoms with Gasteiger partial charge in [-0.2, -0.15) is 0 Å². The Morgan fingerprint density at radius 1 is 1.30 bits per heavy atom. The number of nitrogens with one attached hydrogen (secondary N) is 2. The molecule has 20 heavy (non-hydrogen) atoms. The summed E-state index contributed by atoms with van der Waals surface area (Å²) in [5.74, 6) is 0.206. The number of ether oxygens (including phenoxy) is 1. The molecule has 0 radical (unpaired) electrons. The van der Waals surface area contributed by atoms with Gasteiger partial charge in [0.05, 0.1) is 12.1 Å². The second-order valence-electron chi connectivity index (χ2n) is 6.02. The van der Waals surface area contributed by atoms with E-state index in [-0.39, 0.29) is 36.7 Å². The molecule has 4 unspecified atom stereocenters. The Kier molecular flexibility index (Phi) is 6.10. The van der Waals surface area contributed by atoms with Gasteiger partial charge in [-0.15, -0.1) is 0 Å². The van der Waals surface area contributed by atoms with Gasteiger partial charge >= 0.3 is 6.03 Å². The van der Waals surface area contributed by atoms with Crippen molar-refractivity contribution in [2.24, 2.45) is 5.92 Å². The van der Waals surface area contributed by atoms with Crippen molar-refractivity contribution in [2.75, 3.05) is 13.2 Å². The number of hydrogen-bond donors (Lipinski definition) is 3. The lowest BCUT2D eigenvalue weighted by Crippen LogP contribution is -2.52. The van der Waals surface area contributed by atoms with Crippen molar-refractivity contribution < 1.29 is 14.6 Å². The van der Waals surface area contributed by atoms with E-state index in [4.69, 9.17) is 4.74 Å². The lowest BCUT2D eigenvalue weighted by atomic mass is 9.85. The van der Waals surface area contributed by atoms with E-state index in [1.807, 2.05) is 0 Å². The Hall–Kier alpha value is -0.810. The summed E-state index contributed by atoms with van der Waals surface area (Å²) >= 11 is 0. The average Bonchev–Trinajstić information content (AvgIpc) is 2.99. The molecule has 5 nitrogen and oxygen atoms in total. The van der Waals surface area contributed by atoms with Crippen molar-refractivity contribution in [2.45, 2.75) is 70.1 Å². The fourth-order valence-electron chi connectivity index (χ4n) is 3.37. The monoisotopic (exact) mass is 284 g/mol. The van der Waals surface area contributed by atoms with Crippen LogP contribution in [0.5, 0.6) is 0 Å². The molecule has 0 aromatic rings. The molecular formula is C15H28N2O3. The van der Waals surface area contributed by atoms with Crippen molar-refractivity contribution in [1.29, 1.82) is 0 Å². The van der Waals surface area contributed by atoms with Crippen molar-refractivity contribution in [1.82, 2.24) is 10.6 Å². The number of carbonyl (C=O) groups excluding carboxylic acids is 1. The molecule has 1 aliphatic carbocycles. The van der Waals surface area contributed by atoms with Crippen molar-refractivity contribution >= 4 is 6.03 Å². The van der Waals surface area contributed by atoms with Crippen molar-refractivity contribution in [3.05, 3.63) is 0 Å². The van der Waals surface area contributed by atoms with Crippen LogP contribution in [0.25, 0.3) is 0 Å². The Labute approximate surface area is 121 Å². The fourth-order valence-corrected chi connectivity index (χ4v) is 3.37. The molecule has 1 heterocycles. The van der Waals surface area contributed by atoms with E-state index in [0.29, 0.717) is 0 Å². The Morgan fingerprint density at radius 3 is 2.75 bits per heavy atom. The van der Waals surface area contributed by atoms with Gasteiger partial charge in [0.2, 0.25) is 0 Å². The van der Waals surface area contributed by atoms with Crippen molar-refractivity contribution in [3.8, 4) is 0 Å². The largest absolute Gasteiger partial charge is 0.396 e. The zero-order valence-electron chi connectivity index (χ0n) is 12.4. The molecule has 1 saturated carbocycles. The minimum atomic E-state index is -0.113. The molecule has 5 heteroatoms. The first-order valence-corrected chi connectivity index (χ1v) is 8.04. The highest BCUT2D eigenvalue weighted by molar-refractivity contribution is 5.74. The average molecular weight is 284 g/mol. The van der Waals surface area contributed by atoms with Crippen LogP contribution in [0.4, 0.5) is 4.79 Å². The van der Waals surface area contributed by atoms with Gasteiger partial charge in [-0.3, -0.25) is 0 Å². The van der Waals surface area contributed by atoms with Crippen LogP contribution < -0.4 is 10.6 Å². The molecule has 2 fully saturated rings. The standard InChI is InChI=1S/C15H28N2O3/c1-2-12(14-8-5-9-20-14)16-15(19)17-13-7-4-3-6-11(13)10-18/h11-14,18H,2-10H2,1H3,(H2,16,17,19). The highest BCUT2D eigenvalue weighted by Crippen LogP contribution is 2.24. The summed E-state index contributed by atoms with van der Waals surface area (Å²) < 4.78 is 5.66. The molecule has 0 aromatic carbocycles. The number of aliphatic hydroxyl groups is 1. The first-order chi connectivity index (χ1) is 9.74. The molecule has 0 bridgehead atoms. The summed E-state index contributed by atoms with van der Waals surface area (Å²) in [4.78, 5) is 12.1. The number of hydrogen-bond acceptors (Lipinski definition) is 3. The molecule has 1 saturated heterocycles. The first kappa shape index (κ1) is 15.6. The summed E-state index contributed by atoms with van der Waals surface area (Å²) in [6.07, 6.45) is 7.40. The van der Waals surface area contributed by atoms with E-state index in [2.05, 4.69) is 17.6 Å². The van der Waals surface area contributed by atoms with Crippen molar-refractivity contribution in [3.63, 3.8) is 0 Å². The van der Waals surface area contributed by atoms with Crippen LogP contribution in [0.2, 0.25) is 0 Å². The smallest absolute Gasteiger partial charge is 0.315 e. The Bertz CT molecular complexity index is 297. The van der Waals surface area contributed by atoms with Crippen LogP contribution >= 0.6 is 0 Å². The topological polar surface area (TPSA) is 70.6 Å². The normalized spacial score (nSPS) is 31.8. The minimum absolute atomic E-state index is 0.0914. The molecule has 2 aliphatic rings. The number of aliphatic hydroxyl groups excluding tert-OH is 1. The van der Waals surface area contributed by atoms with Gasteiger partial charge in [0.25, 0.3) is 0 Å². The van der Waals surface area contributed by atoms with Crippen LogP contribution in [-0.2, 0) is 4.74 Å². The molecule has 1 aliphatic heterocycles. The molecule has 0 spiro atoms. The van der Waals surface area contributed by atoms with E-state index in [1.54, 1.807) is 0 Å². The minimum Gasteiger partial charge on any atom is -0.396 e. The van der Waals surface area contributed by atoms with Gasteiger partial charge in [0.15, 0.2) is 0 Å². The van der Waals surface area contributed by atoms with Crippen LogP contribution in [0.15, 0.2) is 0 Å². The van der Waals surface area contributed by atoms with Gasteiger partial charge in [0, 0.05) is 25.2 Å². The molecular weight excluding hydrogens is 256 g/mol. The Morgan fingerprint density at radius 2 is 2.10 bits per heavy atom. The second kappa shape index (κ2) is 7.84. The molecule has 4 atom stereocenters. The van der Waals surface area contributed by atoms with E-state index in [1.165, 1.54) is 0 Å². The number of carbonyl (C=O) groups is 1. The highest BCUT2D eigenvalue weighted by atomic mass is 16.5. The van der Waals surface area contributed by atoms with Gasteiger partial charge in [-0.05, 0) is 32.1 Å². The van der Waals surface area contributed by atoms with Crippen LogP contribution in [0.1, 0.15) is 51.9 Å². The molecule has 0 aromatic heterocycles. The molecule has 2 amide bonds. The lowest BCUT2D eigenvalue weighted by molar-refractivity contribution is 0.0787. The zero-order chi connectivity index (χ0) is 14.4. The summed E-state index contributed by atoms with van der Waals surface area (Å²) in [5, 5.41) is 15.5. The number of urea groups is 1.